The topological polar surface area (TPSA) is 49.8 Å². The highest BCUT2D eigenvalue weighted by atomic mass is 127. The average Bonchev–Trinajstić information content (AvgIpc) is 3.01. The molecule has 0 aliphatic heterocycles. The summed E-state index contributed by atoms with van der Waals surface area (Å²) < 4.78 is 5.46. The number of methoxy groups -OCH3 is 1. The van der Waals surface area contributed by atoms with Gasteiger partial charge < -0.3 is 15.0 Å². The van der Waals surface area contributed by atoms with Crippen molar-refractivity contribution >= 4 is 41.3 Å². The van der Waals surface area contributed by atoms with Crippen molar-refractivity contribution in [3.05, 3.63) is 45.4 Å². The number of halogens is 1. The molecule has 0 fully saturated rings. The van der Waals surface area contributed by atoms with Crippen LogP contribution in [-0.4, -0.2) is 43.1 Å². The normalized spacial score (nSPS) is 11.1. The van der Waals surface area contributed by atoms with E-state index in [1.54, 1.807) is 18.4 Å². The molecule has 1 aromatic heterocycles. The number of para-hydroxylation sites is 1. The van der Waals surface area contributed by atoms with E-state index in [1.807, 2.05) is 18.2 Å². The first-order chi connectivity index (χ1) is 12.6. The van der Waals surface area contributed by atoms with Crippen molar-refractivity contribution in [2.45, 2.75) is 40.2 Å². The molecule has 0 saturated carbocycles. The molecule has 0 aliphatic rings. The average molecular weight is 502 g/mol. The van der Waals surface area contributed by atoms with Crippen molar-refractivity contribution in [1.82, 2.24) is 15.2 Å². The number of hydrogen-bond donors (Lipinski definition) is 1. The maximum Gasteiger partial charge on any atom is 0.193 e. The summed E-state index contributed by atoms with van der Waals surface area (Å²) in [6.45, 7) is 8.70. The summed E-state index contributed by atoms with van der Waals surface area (Å²) in [6, 6.07) is 8.10. The maximum atomic E-state index is 5.46. The lowest BCUT2D eigenvalue weighted by Crippen LogP contribution is -2.38. The fourth-order valence-corrected chi connectivity index (χ4v) is 3.82. The number of ether oxygens (including phenoxy) is 1. The van der Waals surface area contributed by atoms with Gasteiger partial charge in [0.2, 0.25) is 0 Å². The number of hydrogen-bond acceptors (Lipinski definition) is 4. The van der Waals surface area contributed by atoms with Crippen molar-refractivity contribution in [2.24, 2.45) is 4.99 Å². The third kappa shape index (κ3) is 6.95. The lowest BCUT2D eigenvalue weighted by atomic mass is 10.2. The van der Waals surface area contributed by atoms with Crippen LogP contribution < -0.4 is 10.1 Å². The fraction of sp³-hybridized carbons (Fsp3) is 0.500. The van der Waals surface area contributed by atoms with Crippen LogP contribution in [0, 0.1) is 6.92 Å². The Morgan fingerprint density at radius 2 is 2.04 bits per heavy atom. The third-order valence-corrected chi connectivity index (χ3v) is 5.23. The Morgan fingerprint density at radius 3 is 2.67 bits per heavy atom. The summed E-state index contributed by atoms with van der Waals surface area (Å²) in [5.74, 6) is 1.81. The number of nitrogens with one attached hydrogen (secondary N) is 1. The molecule has 0 unspecified atom stereocenters. The van der Waals surface area contributed by atoms with Gasteiger partial charge in [-0.15, -0.1) is 35.3 Å². The minimum absolute atomic E-state index is 0. The van der Waals surface area contributed by atoms with Crippen molar-refractivity contribution in [3.63, 3.8) is 0 Å². The highest BCUT2D eigenvalue weighted by Gasteiger charge is 2.10. The van der Waals surface area contributed by atoms with E-state index in [9.17, 15) is 0 Å². The minimum Gasteiger partial charge on any atom is -0.496 e. The Hall–Kier alpha value is -1.35. The highest BCUT2D eigenvalue weighted by molar-refractivity contribution is 14.0. The van der Waals surface area contributed by atoms with E-state index in [2.05, 4.69) is 44.1 Å². The molecule has 0 radical (unpaired) electrons. The molecule has 7 heteroatoms. The van der Waals surface area contributed by atoms with Gasteiger partial charge in [-0.2, -0.15) is 0 Å². The summed E-state index contributed by atoms with van der Waals surface area (Å²) in [7, 11) is 3.76. The number of nitrogens with zero attached hydrogens (tertiary/aromatic N) is 3. The molecule has 0 atom stereocenters. The number of aryl methyl sites for hydroxylation is 2. The third-order valence-electron chi connectivity index (χ3n) is 4.16. The van der Waals surface area contributed by atoms with E-state index in [0.717, 1.165) is 49.7 Å². The molecule has 1 aromatic carbocycles. The van der Waals surface area contributed by atoms with E-state index < -0.39 is 0 Å². The first kappa shape index (κ1) is 23.7. The zero-order valence-corrected chi connectivity index (χ0v) is 20.1. The lowest BCUT2D eigenvalue weighted by Gasteiger charge is -2.23. The predicted molar refractivity (Wildman–Crippen MR) is 126 cm³/mol. The van der Waals surface area contributed by atoms with Crippen LogP contribution in [0.5, 0.6) is 5.75 Å². The number of aromatic nitrogens is 1. The van der Waals surface area contributed by atoms with Crippen LogP contribution in [0.15, 0.2) is 29.3 Å². The van der Waals surface area contributed by atoms with Gasteiger partial charge >= 0.3 is 0 Å². The molecule has 1 heterocycles. The van der Waals surface area contributed by atoms with Gasteiger partial charge in [-0.1, -0.05) is 25.1 Å². The van der Waals surface area contributed by atoms with Gasteiger partial charge in [0.25, 0.3) is 0 Å². The highest BCUT2D eigenvalue weighted by Crippen LogP contribution is 2.19. The summed E-state index contributed by atoms with van der Waals surface area (Å²) in [6.07, 6.45) is 1.87. The Morgan fingerprint density at radius 1 is 1.30 bits per heavy atom. The van der Waals surface area contributed by atoms with Crippen LogP contribution in [0.3, 0.4) is 0 Å². The van der Waals surface area contributed by atoms with Gasteiger partial charge in [0.1, 0.15) is 5.75 Å². The monoisotopic (exact) mass is 502 g/mol. The van der Waals surface area contributed by atoms with Gasteiger partial charge in [0.15, 0.2) is 5.96 Å². The van der Waals surface area contributed by atoms with E-state index in [-0.39, 0.29) is 24.0 Å². The van der Waals surface area contributed by atoms with E-state index in [0.29, 0.717) is 0 Å². The first-order valence-corrected chi connectivity index (χ1v) is 9.97. The van der Waals surface area contributed by atoms with E-state index in [4.69, 9.17) is 14.7 Å². The molecular formula is C20H31IN4OS. The zero-order valence-electron chi connectivity index (χ0n) is 16.9. The summed E-state index contributed by atoms with van der Waals surface area (Å²) in [5, 5.41) is 4.54. The molecule has 1 N–H and O–H groups in total. The molecule has 0 aliphatic carbocycles. The summed E-state index contributed by atoms with van der Waals surface area (Å²) >= 11 is 1.79. The number of thiazole rings is 1. The number of guanidine groups is 1. The second-order valence-electron chi connectivity index (χ2n) is 6.12. The Bertz CT molecular complexity index is 733. The SMILES string of the molecule is CCNC(=NCCc1nc(CC)c(C)s1)N(C)Cc1ccccc1OC.I. The molecule has 0 bridgehead atoms. The number of rotatable bonds is 8. The molecule has 5 nitrogen and oxygen atoms in total. The molecular weight excluding hydrogens is 471 g/mol. The summed E-state index contributed by atoms with van der Waals surface area (Å²) in [5.41, 5.74) is 2.36. The van der Waals surface area contributed by atoms with Gasteiger partial charge in [-0.05, 0) is 26.3 Å². The Balaban J connectivity index is 0.00000364. The van der Waals surface area contributed by atoms with Gasteiger partial charge in [0, 0.05) is 43.5 Å². The number of aliphatic imine (C=N–C) groups is 1. The smallest absolute Gasteiger partial charge is 0.193 e. The van der Waals surface area contributed by atoms with E-state index in [1.165, 1.54) is 15.6 Å². The van der Waals surface area contributed by atoms with Crippen LogP contribution in [0.1, 0.15) is 35.0 Å². The fourth-order valence-electron chi connectivity index (χ4n) is 2.81. The molecule has 0 spiro atoms. The van der Waals surface area contributed by atoms with Gasteiger partial charge in [-0.25, -0.2) is 4.98 Å². The number of benzene rings is 1. The van der Waals surface area contributed by atoms with Crippen LogP contribution in [0.25, 0.3) is 0 Å². The van der Waals surface area contributed by atoms with Gasteiger partial charge in [-0.3, -0.25) is 4.99 Å². The first-order valence-electron chi connectivity index (χ1n) is 9.15. The maximum absolute atomic E-state index is 5.46. The molecule has 2 aromatic rings. The lowest BCUT2D eigenvalue weighted by molar-refractivity contribution is 0.396. The Labute approximate surface area is 184 Å². The van der Waals surface area contributed by atoms with Crippen LogP contribution in [-0.2, 0) is 19.4 Å². The molecule has 0 saturated heterocycles. The molecule has 27 heavy (non-hydrogen) atoms. The molecule has 150 valence electrons. The second-order valence-corrected chi connectivity index (χ2v) is 7.41. The van der Waals surface area contributed by atoms with Crippen molar-refractivity contribution in [3.8, 4) is 5.75 Å². The standard InChI is InChI=1S/C20H30N4OS.HI/c1-6-17-15(3)26-19(23-17)12-13-22-20(21-7-2)24(4)14-16-10-8-9-11-18(16)25-5;/h8-11H,6-7,12-14H2,1-5H3,(H,21,22);1H. The van der Waals surface area contributed by atoms with Gasteiger partial charge in [0.05, 0.1) is 17.8 Å². The van der Waals surface area contributed by atoms with E-state index >= 15 is 0 Å². The van der Waals surface area contributed by atoms with Crippen molar-refractivity contribution in [2.75, 3.05) is 27.2 Å². The molecule has 0 amide bonds. The van der Waals surface area contributed by atoms with Crippen LogP contribution in [0.2, 0.25) is 0 Å². The quantitative estimate of drug-likeness (QED) is 0.333. The minimum atomic E-state index is 0. The Kier molecular flexibility index (Phi) is 10.7. The predicted octanol–water partition coefficient (Wildman–Crippen LogP) is 4.28. The molecule has 2 rings (SSSR count). The van der Waals surface area contributed by atoms with Crippen molar-refractivity contribution < 1.29 is 4.74 Å². The van der Waals surface area contributed by atoms with Crippen molar-refractivity contribution in [1.29, 1.82) is 0 Å². The largest absolute Gasteiger partial charge is 0.496 e. The van der Waals surface area contributed by atoms with Crippen LogP contribution in [0.4, 0.5) is 0 Å². The second kappa shape index (κ2) is 12.2. The summed E-state index contributed by atoms with van der Waals surface area (Å²) in [4.78, 5) is 12.9. The van der Waals surface area contributed by atoms with Crippen LogP contribution >= 0.6 is 35.3 Å². The zero-order chi connectivity index (χ0) is 18.9.